The maximum absolute atomic E-state index is 13.1. The molecule has 2 aliphatic rings. The van der Waals surface area contributed by atoms with Crippen molar-refractivity contribution in [3.05, 3.63) is 74.4 Å². The van der Waals surface area contributed by atoms with Crippen LogP contribution in [0.15, 0.2) is 47.7 Å². The Balaban J connectivity index is 1.88. The fraction of sp³-hybridized carbons (Fsp3) is 0.238. The number of rotatable bonds is 2. The smallest absolute Gasteiger partial charge is 0.336 e. The number of aryl methyl sites for hydroxylation is 2. The van der Waals surface area contributed by atoms with Gasteiger partial charge in [0.2, 0.25) is 5.91 Å². The van der Waals surface area contributed by atoms with Gasteiger partial charge in [-0.2, -0.15) is 0 Å². The molecule has 0 N–H and O–H groups in total. The number of cyclic esters (lactones) is 1. The van der Waals surface area contributed by atoms with E-state index in [1.807, 2.05) is 32.0 Å². The number of anilines is 1. The topological polar surface area (TPSA) is 46.6 Å². The highest BCUT2D eigenvalue weighted by Crippen LogP contribution is 2.45. The van der Waals surface area contributed by atoms with Gasteiger partial charge < -0.3 is 4.74 Å². The van der Waals surface area contributed by atoms with Crippen LogP contribution in [0.25, 0.3) is 0 Å². The maximum Gasteiger partial charge on any atom is 0.336 e. The minimum absolute atomic E-state index is 0.0710. The number of halogens is 2. The minimum atomic E-state index is -0.462. The summed E-state index contributed by atoms with van der Waals surface area (Å²) in [5.74, 6) is -0.970. The first-order chi connectivity index (χ1) is 12.9. The van der Waals surface area contributed by atoms with Gasteiger partial charge in [0.05, 0.1) is 21.3 Å². The summed E-state index contributed by atoms with van der Waals surface area (Å²) in [5.41, 5.74) is 4.58. The lowest BCUT2D eigenvalue weighted by Gasteiger charge is -2.32. The van der Waals surface area contributed by atoms with Crippen molar-refractivity contribution in [1.29, 1.82) is 0 Å². The molecule has 0 aliphatic carbocycles. The maximum atomic E-state index is 13.1. The van der Waals surface area contributed by atoms with Crippen molar-refractivity contribution < 1.29 is 14.3 Å². The van der Waals surface area contributed by atoms with E-state index in [1.54, 1.807) is 23.1 Å². The molecule has 4 rings (SSSR count). The quantitative estimate of drug-likeness (QED) is 0.669. The number of benzene rings is 2. The highest BCUT2D eigenvalue weighted by Gasteiger charge is 2.43. The molecule has 138 valence electrons. The molecular weight excluding hydrogens is 385 g/mol. The molecule has 0 radical (unpaired) electrons. The van der Waals surface area contributed by atoms with Gasteiger partial charge in [0.15, 0.2) is 0 Å². The van der Waals surface area contributed by atoms with Crippen LogP contribution >= 0.6 is 23.2 Å². The predicted octanol–water partition coefficient (Wildman–Crippen LogP) is 4.94. The predicted molar refractivity (Wildman–Crippen MR) is 105 cm³/mol. The first kappa shape index (κ1) is 18.1. The second-order valence-electron chi connectivity index (χ2n) is 6.91. The van der Waals surface area contributed by atoms with Crippen LogP contribution in [0.2, 0.25) is 10.0 Å². The van der Waals surface area contributed by atoms with Gasteiger partial charge in [0.1, 0.15) is 6.61 Å². The van der Waals surface area contributed by atoms with Crippen LogP contribution in [-0.4, -0.2) is 18.5 Å². The highest BCUT2D eigenvalue weighted by atomic mass is 35.5. The lowest BCUT2D eigenvalue weighted by molar-refractivity contribution is -0.136. The van der Waals surface area contributed by atoms with Crippen LogP contribution < -0.4 is 4.90 Å². The van der Waals surface area contributed by atoms with Gasteiger partial charge in [-0.1, -0.05) is 41.4 Å². The van der Waals surface area contributed by atoms with Gasteiger partial charge in [-0.3, -0.25) is 9.69 Å². The molecule has 2 aromatic rings. The molecule has 6 heteroatoms. The summed E-state index contributed by atoms with van der Waals surface area (Å²) in [4.78, 5) is 27.2. The van der Waals surface area contributed by atoms with E-state index in [0.29, 0.717) is 26.9 Å². The number of ether oxygens (including phenoxy) is 1. The Morgan fingerprint density at radius 3 is 2.48 bits per heavy atom. The first-order valence-electron chi connectivity index (χ1n) is 8.62. The van der Waals surface area contributed by atoms with Gasteiger partial charge in [-0.25, -0.2) is 4.79 Å². The summed E-state index contributed by atoms with van der Waals surface area (Å²) in [6.07, 6.45) is 0.126. The Labute approximate surface area is 167 Å². The molecule has 0 fully saturated rings. The zero-order chi connectivity index (χ0) is 19.3. The molecule has 1 atom stereocenters. The summed E-state index contributed by atoms with van der Waals surface area (Å²) in [6, 6.07) is 11.2. The summed E-state index contributed by atoms with van der Waals surface area (Å²) >= 11 is 12.5. The number of carbonyl (C=O) groups is 2. The third-order valence-corrected chi connectivity index (χ3v) is 5.77. The Hall–Kier alpha value is -2.30. The third kappa shape index (κ3) is 3.03. The number of carbonyl (C=O) groups excluding carboxylic acids is 2. The van der Waals surface area contributed by atoms with Crippen LogP contribution in [0.4, 0.5) is 5.69 Å². The Morgan fingerprint density at radius 2 is 1.78 bits per heavy atom. The Morgan fingerprint density at radius 1 is 1.07 bits per heavy atom. The molecule has 1 unspecified atom stereocenters. The fourth-order valence-corrected chi connectivity index (χ4v) is 4.33. The van der Waals surface area contributed by atoms with Crippen LogP contribution in [0.1, 0.15) is 29.0 Å². The van der Waals surface area contributed by atoms with E-state index in [9.17, 15) is 9.59 Å². The SMILES string of the molecule is Cc1cc(C)cc(N2C(=O)CC(c3cccc(Cl)c3Cl)C3=C2COC3=O)c1. The second-order valence-corrected chi connectivity index (χ2v) is 7.70. The standard InChI is InChI=1S/C21H17Cl2NO3/c1-11-6-12(2)8-13(7-11)24-17-10-27-21(26)19(17)15(9-18(24)25)14-4-3-5-16(22)20(14)23/h3-8,15H,9-10H2,1-2H3. The molecule has 0 bridgehead atoms. The molecule has 0 saturated carbocycles. The zero-order valence-electron chi connectivity index (χ0n) is 14.9. The number of esters is 1. The average Bonchev–Trinajstić information content (AvgIpc) is 2.97. The van der Waals surface area contributed by atoms with Gasteiger partial charge in [0.25, 0.3) is 0 Å². The van der Waals surface area contributed by atoms with E-state index in [1.165, 1.54) is 0 Å². The van der Waals surface area contributed by atoms with Gasteiger partial charge in [-0.05, 0) is 48.7 Å². The Kier molecular flexibility index (Phi) is 4.49. The number of amides is 1. The molecule has 2 aliphatic heterocycles. The Bertz CT molecular complexity index is 992. The van der Waals surface area contributed by atoms with Crippen molar-refractivity contribution >= 4 is 40.8 Å². The number of hydrogen-bond acceptors (Lipinski definition) is 3. The largest absolute Gasteiger partial charge is 0.456 e. The number of hydrogen-bond donors (Lipinski definition) is 0. The van der Waals surface area contributed by atoms with E-state index in [0.717, 1.165) is 16.8 Å². The lowest BCUT2D eigenvalue weighted by atomic mass is 9.84. The van der Waals surface area contributed by atoms with E-state index in [2.05, 4.69) is 0 Å². The molecular formula is C21H17Cl2NO3. The van der Waals surface area contributed by atoms with E-state index in [4.69, 9.17) is 27.9 Å². The average molecular weight is 402 g/mol. The zero-order valence-corrected chi connectivity index (χ0v) is 16.4. The fourth-order valence-electron chi connectivity index (χ4n) is 3.89. The normalized spacial score (nSPS) is 19.4. The van der Waals surface area contributed by atoms with Crippen LogP contribution in [0.5, 0.6) is 0 Å². The molecule has 0 aromatic heterocycles. The van der Waals surface area contributed by atoms with Crippen LogP contribution in [0.3, 0.4) is 0 Å². The monoisotopic (exact) mass is 401 g/mol. The molecule has 0 spiro atoms. The first-order valence-corrected chi connectivity index (χ1v) is 9.37. The summed E-state index contributed by atoms with van der Waals surface area (Å²) in [5, 5.41) is 0.759. The van der Waals surface area contributed by atoms with Crippen molar-refractivity contribution in [2.24, 2.45) is 0 Å². The molecule has 1 amide bonds. The van der Waals surface area contributed by atoms with Crippen molar-refractivity contribution in [3.63, 3.8) is 0 Å². The summed E-state index contributed by atoms with van der Waals surface area (Å²) in [6.45, 7) is 4.03. The second kappa shape index (κ2) is 6.70. The van der Waals surface area contributed by atoms with Crippen molar-refractivity contribution in [2.45, 2.75) is 26.2 Å². The van der Waals surface area contributed by atoms with Crippen molar-refractivity contribution in [2.75, 3.05) is 11.5 Å². The van der Waals surface area contributed by atoms with Crippen molar-refractivity contribution in [1.82, 2.24) is 0 Å². The molecule has 4 nitrogen and oxygen atoms in total. The summed E-state index contributed by atoms with van der Waals surface area (Å²) < 4.78 is 5.30. The summed E-state index contributed by atoms with van der Waals surface area (Å²) in [7, 11) is 0. The minimum Gasteiger partial charge on any atom is -0.456 e. The van der Waals surface area contributed by atoms with Gasteiger partial charge in [-0.15, -0.1) is 0 Å². The van der Waals surface area contributed by atoms with Gasteiger partial charge in [0, 0.05) is 18.0 Å². The van der Waals surface area contributed by atoms with E-state index >= 15 is 0 Å². The van der Waals surface area contributed by atoms with Crippen molar-refractivity contribution in [3.8, 4) is 0 Å². The van der Waals surface area contributed by atoms with Crippen LogP contribution in [0, 0.1) is 13.8 Å². The molecule has 0 saturated heterocycles. The van der Waals surface area contributed by atoms with Gasteiger partial charge >= 0.3 is 5.97 Å². The van der Waals surface area contributed by atoms with E-state index in [-0.39, 0.29) is 18.9 Å². The molecule has 2 heterocycles. The highest BCUT2D eigenvalue weighted by molar-refractivity contribution is 6.42. The van der Waals surface area contributed by atoms with E-state index < -0.39 is 11.9 Å². The van der Waals surface area contributed by atoms with Crippen LogP contribution in [-0.2, 0) is 14.3 Å². The number of nitrogens with zero attached hydrogens (tertiary/aromatic N) is 1. The molecule has 2 aromatic carbocycles. The molecule has 27 heavy (non-hydrogen) atoms. The lowest BCUT2D eigenvalue weighted by Crippen LogP contribution is -2.37. The third-order valence-electron chi connectivity index (χ3n) is 4.94.